The topological polar surface area (TPSA) is 43.6 Å². The molecule has 0 aliphatic carbocycles. The molecule has 0 saturated carbocycles. The van der Waals surface area contributed by atoms with Crippen molar-refractivity contribution < 1.29 is 0 Å². The second-order valence-corrected chi connectivity index (χ2v) is 8.32. The lowest BCUT2D eigenvalue weighted by atomic mass is 9.95. The molecule has 5 heteroatoms. The van der Waals surface area contributed by atoms with Gasteiger partial charge in [-0.15, -0.1) is 21.5 Å². The minimum Gasteiger partial charge on any atom is -0.280 e. The average molecular weight is 431 g/mol. The molecule has 0 N–H and O–H groups in total. The highest BCUT2D eigenvalue weighted by molar-refractivity contribution is 7.17. The van der Waals surface area contributed by atoms with Gasteiger partial charge in [-0.25, -0.2) is 4.98 Å². The number of thiazole rings is 1. The maximum atomic E-state index is 4.55. The van der Waals surface area contributed by atoms with E-state index >= 15 is 0 Å². The van der Waals surface area contributed by atoms with Crippen LogP contribution in [0.5, 0.6) is 0 Å². The molecule has 0 aliphatic heterocycles. The van der Waals surface area contributed by atoms with Crippen LogP contribution in [0.25, 0.3) is 49.5 Å². The molecule has 0 bridgehead atoms. The maximum Gasteiger partial charge on any atom is 0.169 e. The number of nitrogens with zero attached hydrogens (tertiary/aromatic N) is 4. The summed E-state index contributed by atoms with van der Waals surface area (Å²) in [6.07, 6.45) is 1.81. The largest absolute Gasteiger partial charge is 0.280 e. The smallest absolute Gasteiger partial charge is 0.169 e. The summed E-state index contributed by atoms with van der Waals surface area (Å²) in [5, 5.41) is 8.89. The molecular weight excluding hydrogens is 412 g/mol. The van der Waals surface area contributed by atoms with Crippen LogP contribution in [0.3, 0.4) is 0 Å². The van der Waals surface area contributed by atoms with Crippen molar-refractivity contribution in [2.45, 2.75) is 0 Å². The third-order valence-corrected chi connectivity index (χ3v) is 6.47. The van der Waals surface area contributed by atoms with E-state index < -0.39 is 0 Å². The lowest BCUT2D eigenvalue weighted by molar-refractivity contribution is 1.07. The normalized spacial score (nSPS) is 11.1. The van der Waals surface area contributed by atoms with E-state index in [0.29, 0.717) is 0 Å². The van der Waals surface area contributed by atoms with Crippen molar-refractivity contribution in [3.63, 3.8) is 0 Å². The number of rotatable bonds is 4. The van der Waals surface area contributed by atoms with E-state index in [1.165, 1.54) is 0 Å². The van der Waals surface area contributed by atoms with Crippen LogP contribution in [0, 0.1) is 0 Å². The Morgan fingerprint density at radius 3 is 1.94 bits per heavy atom. The number of para-hydroxylation sites is 1. The lowest BCUT2D eigenvalue weighted by Gasteiger charge is -2.18. The van der Waals surface area contributed by atoms with Crippen LogP contribution in [0.1, 0.15) is 0 Å². The molecule has 2 heterocycles. The van der Waals surface area contributed by atoms with Gasteiger partial charge in [0, 0.05) is 16.7 Å². The number of fused-ring (bicyclic) bond motifs is 1. The Morgan fingerprint density at radius 2 is 1.25 bits per heavy atom. The monoisotopic (exact) mass is 430 g/mol. The Labute approximate surface area is 189 Å². The standard InChI is InChI=1S/C27H18N4S/c1-3-9-19(10-4-1)21-13-7-14-22(20-11-5-2-6-12-20)25(21)31-17-29-30-27(31)23-15-8-16-24-26(23)32-18-28-24/h1-18H. The highest BCUT2D eigenvalue weighted by atomic mass is 32.1. The summed E-state index contributed by atoms with van der Waals surface area (Å²) in [6.45, 7) is 0. The zero-order chi connectivity index (χ0) is 21.3. The van der Waals surface area contributed by atoms with E-state index in [4.69, 9.17) is 0 Å². The summed E-state index contributed by atoms with van der Waals surface area (Å²) < 4.78 is 3.22. The van der Waals surface area contributed by atoms with E-state index in [9.17, 15) is 0 Å². The van der Waals surface area contributed by atoms with Crippen molar-refractivity contribution in [3.05, 3.63) is 109 Å². The van der Waals surface area contributed by atoms with Crippen molar-refractivity contribution in [2.75, 3.05) is 0 Å². The molecule has 2 aromatic heterocycles. The van der Waals surface area contributed by atoms with Gasteiger partial charge >= 0.3 is 0 Å². The zero-order valence-electron chi connectivity index (χ0n) is 17.1. The van der Waals surface area contributed by atoms with Crippen LogP contribution < -0.4 is 0 Å². The van der Waals surface area contributed by atoms with Crippen molar-refractivity contribution in [1.29, 1.82) is 0 Å². The zero-order valence-corrected chi connectivity index (χ0v) is 17.9. The summed E-state index contributed by atoms with van der Waals surface area (Å²) in [5.41, 5.74) is 9.50. The lowest BCUT2D eigenvalue weighted by Crippen LogP contribution is -2.02. The van der Waals surface area contributed by atoms with Crippen molar-refractivity contribution in [2.24, 2.45) is 0 Å². The summed E-state index contributed by atoms with van der Waals surface area (Å²) >= 11 is 1.63. The molecule has 6 rings (SSSR count). The molecule has 0 aliphatic rings. The van der Waals surface area contributed by atoms with E-state index in [0.717, 1.165) is 49.5 Å². The van der Waals surface area contributed by atoms with Crippen LogP contribution in [-0.4, -0.2) is 19.7 Å². The molecular formula is C27H18N4S. The number of hydrogen-bond donors (Lipinski definition) is 0. The first-order valence-electron chi connectivity index (χ1n) is 10.4. The van der Waals surface area contributed by atoms with E-state index in [1.807, 2.05) is 36.1 Å². The maximum absolute atomic E-state index is 4.55. The fourth-order valence-electron chi connectivity index (χ4n) is 4.15. The Morgan fingerprint density at radius 1 is 0.625 bits per heavy atom. The molecule has 32 heavy (non-hydrogen) atoms. The molecule has 0 atom stereocenters. The minimum absolute atomic E-state index is 0.806. The highest BCUT2D eigenvalue weighted by Crippen LogP contribution is 2.38. The van der Waals surface area contributed by atoms with Crippen molar-refractivity contribution >= 4 is 21.6 Å². The summed E-state index contributed by atoms with van der Waals surface area (Å²) in [5.74, 6) is 0.806. The van der Waals surface area contributed by atoms with Crippen LogP contribution in [0.2, 0.25) is 0 Å². The van der Waals surface area contributed by atoms with Crippen molar-refractivity contribution in [3.8, 4) is 39.3 Å². The predicted molar refractivity (Wildman–Crippen MR) is 131 cm³/mol. The number of aromatic nitrogens is 4. The van der Waals surface area contributed by atoms with Gasteiger partial charge in [0.25, 0.3) is 0 Å². The molecule has 0 fully saturated rings. The highest BCUT2D eigenvalue weighted by Gasteiger charge is 2.19. The molecule has 0 amide bonds. The summed E-state index contributed by atoms with van der Waals surface area (Å²) in [6, 6.07) is 33.5. The molecule has 4 aromatic carbocycles. The van der Waals surface area contributed by atoms with E-state index in [1.54, 1.807) is 11.3 Å². The molecule has 0 radical (unpaired) electrons. The van der Waals surface area contributed by atoms with Gasteiger partial charge in [-0.1, -0.05) is 84.9 Å². The Bertz CT molecular complexity index is 1460. The van der Waals surface area contributed by atoms with E-state index in [2.05, 4.69) is 92.5 Å². The van der Waals surface area contributed by atoms with Crippen LogP contribution >= 0.6 is 11.3 Å². The Balaban J connectivity index is 1.67. The molecule has 0 spiro atoms. The Kier molecular flexibility index (Phi) is 4.59. The van der Waals surface area contributed by atoms with Crippen LogP contribution in [-0.2, 0) is 0 Å². The molecule has 6 aromatic rings. The Hall–Kier alpha value is -4.09. The van der Waals surface area contributed by atoms with Gasteiger partial charge in [0.1, 0.15) is 6.33 Å². The molecule has 4 nitrogen and oxygen atoms in total. The number of hydrogen-bond acceptors (Lipinski definition) is 4. The van der Waals surface area contributed by atoms with Gasteiger partial charge in [-0.2, -0.15) is 0 Å². The van der Waals surface area contributed by atoms with Gasteiger partial charge in [-0.05, 0) is 23.3 Å². The fourth-order valence-corrected chi connectivity index (χ4v) is 4.95. The predicted octanol–water partition coefficient (Wildman–Crippen LogP) is 6.88. The van der Waals surface area contributed by atoms with Gasteiger partial charge in [0.15, 0.2) is 5.82 Å². The van der Waals surface area contributed by atoms with Crippen LogP contribution in [0.15, 0.2) is 109 Å². The third-order valence-electron chi connectivity index (χ3n) is 5.59. The van der Waals surface area contributed by atoms with Crippen molar-refractivity contribution in [1.82, 2.24) is 19.7 Å². The summed E-state index contributed by atoms with van der Waals surface area (Å²) in [4.78, 5) is 4.48. The van der Waals surface area contributed by atoms with E-state index in [-0.39, 0.29) is 0 Å². The third kappa shape index (κ3) is 3.11. The second kappa shape index (κ2) is 7.87. The molecule has 152 valence electrons. The van der Waals surface area contributed by atoms with Crippen LogP contribution in [0.4, 0.5) is 0 Å². The minimum atomic E-state index is 0.806. The number of benzene rings is 4. The van der Waals surface area contributed by atoms with Gasteiger partial charge in [-0.3, -0.25) is 4.57 Å². The SMILES string of the molecule is c1ccc(-c2cccc(-c3ccccc3)c2-n2cnnc2-c2cccc3ncsc23)cc1. The quantitative estimate of drug-likeness (QED) is 0.306. The first kappa shape index (κ1) is 18.7. The fraction of sp³-hybridized carbons (Fsp3) is 0. The molecule has 0 unspecified atom stereocenters. The van der Waals surface area contributed by atoms with Gasteiger partial charge in [0.05, 0.1) is 21.4 Å². The summed E-state index contributed by atoms with van der Waals surface area (Å²) in [7, 11) is 0. The first-order chi connectivity index (χ1) is 15.9. The molecule has 0 saturated heterocycles. The van der Waals surface area contributed by atoms with Gasteiger partial charge in [0.2, 0.25) is 0 Å². The first-order valence-corrected chi connectivity index (χ1v) is 11.2. The average Bonchev–Trinajstić information content (AvgIpc) is 3.54. The second-order valence-electron chi connectivity index (χ2n) is 7.46. The van der Waals surface area contributed by atoms with Gasteiger partial charge < -0.3 is 0 Å².